The zero-order valence-corrected chi connectivity index (χ0v) is 25.3. The molecule has 2 aliphatic rings. The van der Waals surface area contributed by atoms with Crippen molar-refractivity contribution in [3.8, 4) is 11.1 Å². The van der Waals surface area contributed by atoms with E-state index in [0.717, 1.165) is 5.69 Å². The summed E-state index contributed by atoms with van der Waals surface area (Å²) in [5.74, 6) is -0.471. The van der Waals surface area contributed by atoms with Gasteiger partial charge in [0.25, 0.3) is 0 Å². The lowest BCUT2D eigenvalue weighted by Gasteiger charge is -2.36. The van der Waals surface area contributed by atoms with Gasteiger partial charge in [-0.25, -0.2) is 18.7 Å². The topological polar surface area (TPSA) is 99.0 Å². The fraction of sp³-hybridized carbons (Fsp3) is 0.448. The fourth-order valence-corrected chi connectivity index (χ4v) is 5.62. The summed E-state index contributed by atoms with van der Waals surface area (Å²) in [5, 5.41) is 8.00. The van der Waals surface area contributed by atoms with Crippen LogP contribution in [0.1, 0.15) is 26.5 Å². The number of aromatic nitrogens is 3. The first kappa shape index (κ1) is 28.7. The quantitative estimate of drug-likeness (QED) is 0.312. The standard InChI is InChI=1S/C29H36FN5O5Si/c1-19-14-33(32-31-19)15-23-16-35(28(37)39-23)22-11-12-25(26(30)13-22)20-7-9-21(10-8-20)34-17-24(40-27(34)36)18-38-41(5,6)29(2,3)4/h7-14,23-24H,15-18H2,1-6H3/t23-,24+/m0/s1. The molecule has 2 saturated heterocycles. The van der Waals surface area contributed by atoms with Gasteiger partial charge >= 0.3 is 12.2 Å². The lowest BCUT2D eigenvalue weighted by atomic mass is 10.0. The van der Waals surface area contributed by atoms with E-state index in [-0.39, 0.29) is 17.7 Å². The Morgan fingerprint density at radius 1 is 0.976 bits per heavy atom. The van der Waals surface area contributed by atoms with Gasteiger partial charge < -0.3 is 13.9 Å². The Labute approximate surface area is 240 Å². The highest BCUT2D eigenvalue weighted by Gasteiger charge is 2.40. The van der Waals surface area contributed by atoms with Crippen LogP contribution in [0.15, 0.2) is 48.7 Å². The molecular weight excluding hydrogens is 545 g/mol. The van der Waals surface area contributed by atoms with E-state index in [2.05, 4.69) is 44.2 Å². The van der Waals surface area contributed by atoms with Crippen LogP contribution in [0.2, 0.25) is 18.1 Å². The van der Waals surface area contributed by atoms with Gasteiger partial charge in [0.1, 0.15) is 18.0 Å². The van der Waals surface area contributed by atoms with E-state index in [0.29, 0.717) is 42.2 Å². The summed E-state index contributed by atoms with van der Waals surface area (Å²) in [6.45, 7) is 14.1. The summed E-state index contributed by atoms with van der Waals surface area (Å²) in [4.78, 5) is 28.0. The van der Waals surface area contributed by atoms with Gasteiger partial charge in [-0.05, 0) is 61.0 Å². The number of carbonyl (C=O) groups excluding carboxylic acids is 2. The van der Waals surface area contributed by atoms with E-state index >= 15 is 4.39 Å². The fourth-order valence-electron chi connectivity index (χ4n) is 4.58. The molecular formula is C29H36FN5O5Si. The molecule has 3 heterocycles. The number of rotatable bonds is 8. The number of amides is 2. The molecule has 0 radical (unpaired) electrons. The van der Waals surface area contributed by atoms with Crippen molar-refractivity contribution in [2.45, 2.75) is 64.6 Å². The number of hydrogen-bond donors (Lipinski definition) is 0. The average Bonchev–Trinajstić information content (AvgIpc) is 3.60. The van der Waals surface area contributed by atoms with Gasteiger partial charge in [0.05, 0.1) is 37.6 Å². The maximum Gasteiger partial charge on any atom is 0.414 e. The highest BCUT2D eigenvalue weighted by Crippen LogP contribution is 2.37. The van der Waals surface area contributed by atoms with Gasteiger partial charge in [-0.3, -0.25) is 9.80 Å². The van der Waals surface area contributed by atoms with Crippen molar-refractivity contribution < 1.29 is 27.9 Å². The van der Waals surface area contributed by atoms with Gasteiger partial charge in [-0.15, -0.1) is 5.10 Å². The van der Waals surface area contributed by atoms with E-state index in [1.54, 1.807) is 52.2 Å². The molecule has 2 aliphatic heterocycles. The molecule has 0 aliphatic carbocycles. The van der Waals surface area contributed by atoms with Crippen molar-refractivity contribution >= 4 is 31.9 Å². The summed E-state index contributed by atoms with van der Waals surface area (Å²) < 4.78 is 34.1. The summed E-state index contributed by atoms with van der Waals surface area (Å²) >= 11 is 0. The number of aryl methyl sites for hydroxylation is 1. The number of hydrogen-bond acceptors (Lipinski definition) is 7. The number of halogens is 1. The van der Waals surface area contributed by atoms with Crippen LogP contribution in [0.5, 0.6) is 0 Å². The molecule has 2 atom stereocenters. The highest BCUT2D eigenvalue weighted by molar-refractivity contribution is 6.74. The van der Waals surface area contributed by atoms with Crippen molar-refractivity contribution in [3.63, 3.8) is 0 Å². The van der Waals surface area contributed by atoms with Crippen LogP contribution >= 0.6 is 0 Å². The predicted octanol–water partition coefficient (Wildman–Crippen LogP) is 5.77. The van der Waals surface area contributed by atoms with Gasteiger partial charge in [0.2, 0.25) is 0 Å². The van der Waals surface area contributed by atoms with Crippen LogP contribution in [0.3, 0.4) is 0 Å². The molecule has 1 aromatic heterocycles. The minimum absolute atomic E-state index is 0.0661. The second-order valence-electron chi connectivity index (χ2n) is 12.1. The van der Waals surface area contributed by atoms with Crippen LogP contribution in [-0.2, 0) is 20.4 Å². The number of cyclic esters (lactones) is 2. The number of nitrogens with zero attached hydrogens (tertiary/aromatic N) is 5. The van der Waals surface area contributed by atoms with E-state index < -0.39 is 32.4 Å². The number of benzene rings is 2. The molecule has 218 valence electrons. The zero-order chi connectivity index (χ0) is 29.5. The van der Waals surface area contributed by atoms with Crippen LogP contribution in [0.25, 0.3) is 11.1 Å². The van der Waals surface area contributed by atoms with Gasteiger partial charge in [0.15, 0.2) is 8.32 Å². The average molecular weight is 582 g/mol. The SMILES string of the molecule is Cc1cn(C[C@H]2CN(c3ccc(-c4ccc(N5C[C@H](CO[Si](C)(C)C(C)(C)C)OC5=O)cc4)c(F)c3)C(=O)O2)nn1. The van der Waals surface area contributed by atoms with Crippen molar-refractivity contribution in [2.75, 3.05) is 29.5 Å². The molecule has 0 bridgehead atoms. The zero-order valence-electron chi connectivity index (χ0n) is 24.3. The van der Waals surface area contributed by atoms with E-state index in [1.165, 1.54) is 11.0 Å². The van der Waals surface area contributed by atoms with Crippen LogP contribution < -0.4 is 9.80 Å². The molecule has 0 saturated carbocycles. The smallest absolute Gasteiger partial charge is 0.414 e. The minimum Gasteiger partial charge on any atom is -0.442 e. The van der Waals surface area contributed by atoms with Gasteiger partial charge in [-0.2, -0.15) is 0 Å². The third kappa shape index (κ3) is 6.13. The summed E-state index contributed by atoms with van der Waals surface area (Å²) in [5.41, 5.74) is 2.88. The Morgan fingerprint density at radius 2 is 1.59 bits per heavy atom. The highest BCUT2D eigenvalue weighted by atomic mass is 28.4. The number of carbonyl (C=O) groups is 2. The Hall–Kier alpha value is -3.77. The molecule has 2 amide bonds. The third-order valence-corrected chi connectivity index (χ3v) is 12.5. The van der Waals surface area contributed by atoms with Crippen molar-refractivity contribution in [3.05, 3.63) is 60.2 Å². The lowest BCUT2D eigenvalue weighted by molar-refractivity contribution is 0.0996. The molecule has 2 aromatic carbocycles. The largest absolute Gasteiger partial charge is 0.442 e. The molecule has 2 fully saturated rings. The van der Waals surface area contributed by atoms with E-state index in [9.17, 15) is 9.59 Å². The van der Waals surface area contributed by atoms with Crippen LogP contribution in [-0.4, -0.2) is 67.4 Å². The summed E-state index contributed by atoms with van der Waals surface area (Å²) in [7, 11) is -1.96. The first-order valence-corrected chi connectivity index (χ1v) is 16.6. The maximum atomic E-state index is 15.2. The summed E-state index contributed by atoms with van der Waals surface area (Å²) in [6, 6.07) is 11.7. The van der Waals surface area contributed by atoms with E-state index in [4.69, 9.17) is 13.9 Å². The van der Waals surface area contributed by atoms with Gasteiger partial charge in [-0.1, -0.05) is 38.1 Å². The predicted molar refractivity (Wildman–Crippen MR) is 155 cm³/mol. The van der Waals surface area contributed by atoms with Gasteiger partial charge in [0, 0.05) is 17.4 Å². The molecule has 0 N–H and O–H groups in total. The number of anilines is 2. The second-order valence-corrected chi connectivity index (χ2v) is 16.9. The Kier molecular flexibility index (Phi) is 7.64. The van der Waals surface area contributed by atoms with Crippen molar-refractivity contribution in [1.82, 2.24) is 15.0 Å². The lowest BCUT2D eigenvalue weighted by Crippen LogP contribution is -2.43. The van der Waals surface area contributed by atoms with Crippen molar-refractivity contribution in [2.24, 2.45) is 0 Å². The van der Waals surface area contributed by atoms with Crippen LogP contribution in [0.4, 0.5) is 25.4 Å². The molecule has 12 heteroatoms. The second kappa shape index (κ2) is 10.9. The minimum atomic E-state index is -1.96. The van der Waals surface area contributed by atoms with Crippen LogP contribution in [0, 0.1) is 12.7 Å². The summed E-state index contributed by atoms with van der Waals surface area (Å²) in [6.07, 6.45) is 0.0415. The number of ether oxygens (including phenoxy) is 2. The normalized spacial score (nSPS) is 19.6. The Morgan fingerprint density at radius 3 is 2.20 bits per heavy atom. The monoisotopic (exact) mass is 581 g/mol. The molecule has 10 nitrogen and oxygen atoms in total. The molecule has 3 aromatic rings. The molecule has 41 heavy (non-hydrogen) atoms. The first-order chi connectivity index (χ1) is 19.3. The Bertz CT molecular complexity index is 1440. The molecule has 5 rings (SSSR count). The Balaban J connectivity index is 1.22. The molecule has 0 spiro atoms. The first-order valence-electron chi connectivity index (χ1n) is 13.7. The molecule has 0 unspecified atom stereocenters. The van der Waals surface area contributed by atoms with Crippen molar-refractivity contribution in [1.29, 1.82) is 0 Å². The third-order valence-electron chi connectivity index (χ3n) is 7.98. The van der Waals surface area contributed by atoms with E-state index in [1.807, 2.05) is 6.92 Å². The maximum absolute atomic E-state index is 15.2.